The Bertz CT molecular complexity index is 4450. The standard InChI is InChI=1S/C84H79N5O18/c1-94-60-42-40-58(41-43-60)49-99-75-72-67(52-101-82(105-72)59-34-18-7-19-35-59)104-84(76(75)100-48-57-32-16-6-17-33-57)107-71-66(51-96-45-54-26-10-3-11-27-54)103-83(69(74(71)98-47-56-30-14-5-15-31-56)89-80(92)63-38-22-23-39-64(63)81(89)93)106-70-65(50-95-44-53-24-8-2-9-25-53)102-77(86-87-85)68(73(70)97-46-55-28-12-4-13-29-55)88-78(90)61-36-20-21-37-62(61)79(88)91/h2-43,65-77,82-84H,44-52H2,1H3/t65-,66-,67-,68-,69-,70-,71-,72-,73-,74-,75+,76+,77-,82-,83+,84+/m1/s1. The summed E-state index contributed by atoms with van der Waals surface area (Å²) in [6, 6.07) is 73.8. The van der Waals surface area contributed by atoms with Crippen LogP contribution < -0.4 is 4.74 Å². The summed E-state index contributed by atoms with van der Waals surface area (Å²) in [6.07, 6.45) is -18.1. The van der Waals surface area contributed by atoms with Crippen LogP contribution in [0.3, 0.4) is 0 Å². The van der Waals surface area contributed by atoms with Crippen LogP contribution in [0.5, 0.6) is 5.75 Å². The molecule has 0 bridgehead atoms. The van der Waals surface area contributed by atoms with Crippen LogP contribution in [0.2, 0.25) is 0 Å². The Morgan fingerprint density at radius 1 is 0.402 bits per heavy atom. The number of rotatable bonds is 29. The zero-order valence-corrected chi connectivity index (χ0v) is 58.4. The Kier molecular flexibility index (Phi) is 23.1. The third kappa shape index (κ3) is 16.3. The van der Waals surface area contributed by atoms with Crippen LogP contribution in [-0.4, -0.2) is 152 Å². The van der Waals surface area contributed by atoms with Gasteiger partial charge in [-0.3, -0.25) is 29.0 Å². The van der Waals surface area contributed by atoms with E-state index in [0.717, 1.165) is 37.6 Å². The number of hydrogen-bond donors (Lipinski definition) is 0. The van der Waals surface area contributed by atoms with Gasteiger partial charge in [0.2, 0.25) is 0 Å². The van der Waals surface area contributed by atoms with Crippen molar-refractivity contribution in [1.82, 2.24) is 9.80 Å². The molecule has 4 fully saturated rings. The van der Waals surface area contributed by atoms with Gasteiger partial charge in [-0.15, -0.1) is 0 Å². The molecule has 23 nitrogen and oxygen atoms in total. The minimum Gasteiger partial charge on any atom is -0.497 e. The van der Waals surface area contributed by atoms with Gasteiger partial charge in [-0.25, -0.2) is 0 Å². The molecule has 4 saturated heterocycles. The highest BCUT2D eigenvalue weighted by molar-refractivity contribution is 6.22. The summed E-state index contributed by atoms with van der Waals surface area (Å²) in [5.74, 6) is -2.22. The minimum atomic E-state index is -1.80. The number of methoxy groups -OCH3 is 1. The maximum atomic E-state index is 15.9. The lowest BCUT2D eigenvalue weighted by Gasteiger charge is -2.53. The molecule has 0 saturated carbocycles. The fourth-order valence-corrected chi connectivity index (χ4v) is 14.6. The van der Waals surface area contributed by atoms with Gasteiger partial charge in [-0.1, -0.05) is 224 Å². The molecular weight excluding hydrogens is 1370 g/mol. The van der Waals surface area contributed by atoms with E-state index in [-0.39, 0.29) is 81.7 Å². The average Bonchev–Trinajstić information content (AvgIpc) is 1.70. The third-order valence-corrected chi connectivity index (χ3v) is 19.8. The molecule has 0 unspecified atom stereocenters. The molecule has 6 aliphatic heterocycles. The summed E-state index contributed by atoms with van der Waals surface area (Å²) >= 11 is 0. The van der Waals surface area contributed by atoms with Gasteiger partial charge in [0.1, 0.15) is 78.9 Å². The molecule has 15 rings (SSSR count). The molecule has 0 spiro atoms. The van der Waals surface area contributed by atoms with Gasteiger partial charge in [-0.05, 0) is 75.3 Å². The van der Waals surface area contributed by atoms with Gasteiger partial charge in [0, 0.05) is 10.5 Å². The van der Waals surface area contributed by atoms with E-state index in [1.807, 2.05) is 206 Å². The molecule has 107 heavy (non-hydrogen) atoms. The number of azide groups is 1. The van der Waals surface area contributed by atoms with Crippen molar-refractivity contribution in [1.29, 1.82) is 0 Å². The predicted octanol–water partition coefficient (Wildman–Crippen LogP) is 12.5. The number of ether oxygens (including phenoxy) is 14. The van der Waals surface area contributed by atoms with E-state index in [9.17, 15) is 5.53 Å². The molecular formula is C84H79N5O18. The summed E-state index contributed by atoms with van der Waals surface area (Å²) < 4.78 is 98.4. The topological polar surface area (TPSA) is 253 Å². The Hall–Kier alpha value is -10.2. The van der Waals surface area contributed by atoms with Crippen molar-refractivity contribution in [2.75, 3.05) is 26.9 Å². The zero-order valence-electron chi connectivity index (χ0n) is 58.4. The normalized spacial score (nSPS) is 26.8. The van der Waals surface area contributed by atoms with E-state index in [1.165, 1.54) is 12.1 Å². The molecule has 9 aromatic carbocycles. The Morgan fingerprint density at radius 3 is 1.24 bits per heavy atom. The summed E-state index contributed by atoms with van der Waals surface area (Å²) in [5.41, 5.74) is 16.3. The first-order valence-corrected chi connectivity index (χ1v) is 35.7. The van der Waals surface area contributed by atoms with Crippen molar-refractivity contribution in [3.63, 3.8) is 0 Å². The molecule has 0 aliphatic carbocycles. The highest BCUT2D eigenvalue weighted by atomic mass is 16.8. The summed E-state index contributed by atoms with van der Waals surface area (Å²) in [6.45, 7) is -0.633. The number of imide groups is 2. The van der Waals surface area contributed by atoms with Crippen LogP contribution in [-0.2, 0) is 101 Å². The van der Waals surface area contributed by atoms with Crippen molar-refractivity contribution in [2.45, 2.75) is 138 Å². The first kappa shape index (κ1) is 72.4. The van der Waals surface area contributed by atoms with Gasteiger partial charge in [0.15, 0.2) is 25.1 Å². The SMILES string of the molecule is COc1ccc(CO[C@@H]2[C@H](OCc3ccccc3)[C@H](O[C@H]3[C@H](OCc4ccccc4)[C@@H](N4C(=O)c5ccccc5C4=O)[C@H](O[C@H]4[C@H](OCc5ccccc5)[C@@H](N5C(=O)c6ccccc6C5=O)[C@H](N=[N+]=[N-])O[C@@H]4COCc4ccccc4)O[C@@H]3COCc3ccccc3)O[C@@H]3CO[C@@H](c4ccccc4)O[C@@H]23)cc1. The van der Waals surface area contributed by atoms with E-state index in [1.54, 1.807) is 43.5 Å². The summed E-state index contributed by atoms with van der Waals surface area (Å²) in [7, 11) is 1.60. The van der Waals surface area contributed by atoms with Crippen LogP contribution in [0.4, 0.5) is 0 Å². The number of carbonyl (C=O) groups excluding carboxylic acids is 4. The molecule has 0 N–H and O–H groups in total. The van der Waals surface area contributed by atoms with Crippen molar-refractivity contribution in [3.8, 4) is 5.75 Å². The third-order valence-electron chi connectivity index (χ3n) is 19.8. The Balaban J connectivity index is 0.886. The lowest BCUT2D eigenvalue weighted by molar-refractivity contribution is -0.396. The van der Waals surface area contributed by atoms with Crippen LogP contribution >= 0.6 is 0 Å². The van der Waals surface area contributed by atoms with Crippen molar-refractivity contribution < 1.29 is 85.5 Å². The number of benzene rings is 9. The van der Waals surface area contributed by atoms with Crippen LogP contribution in [0, 0.1) is 0 Å². The van der Waals surface area contributed by atoms with E-state index in [2.05, 4.69) is 10.0 Å². The first-order valence-electron chi connectivity index (χ1n) is 35.7. The number of hydrogen-bond acceptors (Lipinski definition) is 19. The van der Waals surface area contributed by atoms with Crippen LogP contribution in [0.25, 0.3) is 10.4 Å². The molecule has 4 amide bonds. The van der Waals surface area contributed by atoms with E-state index >= 15 is 19.2 Å². The molecule has 23 heteroatoms. The Morgan fingerprint density at radius 2 is 0.785 bits per heavy atom. The fourth-order valence-electron chi connectivity index (χ4n) is 14.6. The van der Waals surface area contributed by atoms with E-state index in [0.29, 0.717) is 16.9 Å². The predicted molar refractivity (Wildman–Crippen MR) is 385 cm³/mol. The van der Waals surface area contributed by atoms with Crippen LogP contribution in [0.15, 0.2) is 260 Å². The Labute approximate surface area is 618 Å². The smallest absolute Gasteiger partial charge is 0.262 e. The fraction of sp³-hybridized carbons (Fsp3) is 0.310. The van der Waals surface area contributed by atoms with E-state index in [4.69, 9.17) is 66.3 Å². The van der Waals surface area contributed by atoms with Gasteiger partial charge in [0.25, 0.3) is 23.6 Å². The second-order valence-electron chi connectivity index (χ2n) is 26.7. The lowest BCUT2D eigenvalue weighted by atomic mass is 9.92. The van der Waals surface area contributed by atoms with Crippen molar-refractivity contribution in [3.05, 3.63) is 326 Å². The molecule has 0 radical (unpaired) electrons. The number of amides is 4. The average molecular weight is 1450 g/mol. The summed E-state index contributed by atoms with van der Waals surface area (Å²) in [4.78, 5) is 67.2. The number of fused-ring (bicyclic) bond motifs is 3. The molecule has 548 valence electrons. The monoisotopic (exact) mass is 1450 g/mol. The largest absolute Gasteiger partial charge is 0.497 e. The molecule has 9 aromatic rings. The maximum absolute atomic E-state index is 15.9. The first-order chi connectivity index (χ1) is 52.7. The van der Waals surface area contributed by atoms with Crippen molar-refractivity contribution >= 4 is 23.6 Å². The van der Waals surface area contributed by atoms with Gasteiger partial charge < -0.3 is 66.3 Å². The van der Waals surface area contributed by atoms with E-state index < -0.39 is 122 Å². The van der Waals surface area contributed by atoms with Gasteiger partial charge >= 0.3 is 0 Å². The van der Waals surface area contributed by atoms with Crippen molar-refractivity contribution in [2.24, 2.45) is 5.11 Å². The zero-order chi connectivity index (χ0) is 73.0. The lowest BCUT2D eigenvalue weighted by Crippen LogP contribution is -2.71. The quantitative estimate of drug-likeness (QED) is 0.0183. The highest BCUT2D eigenvalue weighted by Gasteiger charge is 2.62. The highest BCUT2D eigenvalue weighted by Crippen LogP contribution is 2.44. The molecule has 6 heterocycles. The number of nitrogens with zero attached hydrogens (tertiary/aromatic N) is 5. The molecule has 16 atom stereocenters. The molecule has 6 aliphatic rings. The van der Waals surface area contributed by atoms with Crippen LogP contribution in [0.1, 0.15) is 86.7 Å². The van der Waals surface area contributed by atoms with Gasteiger partial charge in [-0.2, -0.15) is 0 Å². The number of carbonyl (C=O) groups is 4. The minimum absolute atomic E-state index is 0.000372. The maximum Gasteiger partial charge on any atom is 0.262 e. The molecule has 0 aromatic heterocycles. The summed E-state index contributed by atoms with van der Waals surface area (Å²) in [5, 5.41) is 4.17. The van der Waals surface area contributed by atoms with Gasteiger partial charge in [0.05, 0.1) is 88.8 Å². The second kappa shape index (κ2) is 34.2. The second-order valence-corrected chi connectivity index (χ2v) is 26.7.